The molecule has 3 rings (SSSR count). The number of carbonyl (C=O) groups excluding carboxylic acids is 2. The summed E-state index contributed by atoms with van der Waals surface area (Å²) in [6, 6.07) is 17.4. The van der Waals surface area contributed by atoms with E-state index in [2.05, 4.69) is 15.6 Å². The number of aromatic nitrogens is 1. The van der Waals surface area contributed by atoms with Gasteiger partial charge >= 0.3 is 0 Å². The Labute approximate surface area is 191 Å². The third-order valence-electron chi connectivity index (χ3n) is 4.70. The highest BCUT2D eigenvalue weighted by Gasteiger charge is 2.22. The first-order chi connectivity index (χ1) is 15.8. The summed E-state index contributed by atoms with van der Waals surface area (Å²) >= 11 is 0. The first-order valence-electron chi connectivity index (χ1n) is 10.6. The van der Waals surface area contributed by atoms with Gasteiger partial charge in [-0.3, -0.25) is 9.59 Å². The van der Waals surface area contributed by atoms with Gasteiger partial charge in [-0.15, -0.1) is 0 Å². The molecule has 0 radical (unpaired) electrons. The van der Waals surface area contributed by atoms with Crippen molar-refractivity contribution in [1.29, 1.82) is 0 Å². The summed E-state index contributed by atoms with van der Waals surface area (Å²) in [5.74, 6) is 0.272. The molecule has 0 fully saturated rings. The quantitative estimate of drug-likeness (QED) is 0.454. The molecule has 0 aliphatic heterocycles. The number of halogens is 1. The molecule has 0 spiro atoms. The highest BCUT2D eigenvalue weighted by Crippen LogP contribution is 2.26. The summed E-state index contributed by atoms with van der Waals surface area (Å²) in [4.78, 5) is 28.8. The van der Waals surface area contributed by atoms with Gasteiger partial charge in [0.2, 0.25) is 11.8 Å². The lowest BCUT2D eigenvalue weighted by molar-refractivity contribution is -0.128. The highest BCUT2D eigenvalue weighted by atomic mass is 19.1. The first-order valence-corrected chi connectivity index (χ1v) is 10.6. The van der Waals surface area contributed by atoms with Crippen molar-refractivity contribution in [2.75, 3.05) is 11.9 Å². The van der Waals surface area contributed by atoms with Crippen molar-refractivity contribution in [2.24, 2.45) is 5.92 Å². The van der Waals surface area contributed by atoms with E-state index in [1.807, 2.05) is 32.0 Å². The van der Waals surface area contributed by atoms with Crippen molar-refractivity contribution >= 4 is 17.6 Å². The maximum atomic E-state index is 13.0. The van der Waals surface area contributed by atoms with Crippen LogP contribution in [0.5, 0.6) is 11.5 Å². The third kappa shape index (κ3) is 7.11. The summed E-state index contributed by atoms with van der Waals surface area (Å²) in [6.45, 7) is 3.19. The maximum absolute atomic E-state index is 13.0. The Morgan fingerprint density at radius 1 is 1.00 bits per heavy atom. The van der Waals surface area contributed by atoms with E-state index < -0.39 is 24.5 Å². The van der Waals surface area contributed by atoms with E-state index >= 15 is 0 Å². The molecule has 1 atom stereocenters. The Kier molecular flexibility index (Phi) is 8.10. The van der Waals surface area contributed by atoms with Crippen LogP contribution in [0.3, 0.4) is 0 Å². The summed E-state index contributed by atoms with van der Waals surface area (Å²) in [7, 11) is 0. The van der Waals surface area contributed by atoms with Crippen LogP contribution in [0.1, 0.15) is 20.3 Å². The molecule has 3 N–H and O–H groups in total. The number of hydrogen-bond acceptors (Lipinski definition) is 5. The predicted octanol–water partition coefficient (Wildman–Crippen LogP) is 4.14. The van der Waals surface area contributed by atoms with Gasteiger partial charge in [-0.25, -0.2) is 9.37 Å². The second kappa shape index (κ2) is 11.2. The molecule has 2 aromatic carbocycles. The third-order valence-corrected chi connectivity index (χ3v) is 4.70. The fraction of sp³-hybridized carbons (Fsp3) is 0.240. The molecule has 172 valence electrons. The van der Waals surface area contributed by atoms with E-state index in [1.54, 1.807) is 36.4 Å². The Balaban J connectivity index is 1.69. The van der Waals surface area contributed by atoms with Gasteiger partial charge in [0.1, 0.15) is 35.8 Å². The van der Waals surface area contributed by atoms with Crippen LogP contribution in [0.25, 0.3) is 11.3 Å². The molecule has 7 nitrogen and oxygen atoms in total. The zero-order chi connectivity index (χ0) is 23.8. The molecule has 0 saturated carbocycles. The Bertz CT molecular complexity index is 1090. The SMILES string of the molecule is CC(C)C[C@H](NC(=O)CO)C(=O)Nc1cccc(-c2ccc(Oc3ccc(F)cc3)cc2)n1. The highest BCUT2D eigenvalue weighted by molar-refractivity contribution is 5.96. The minimum Gasteiger partial charge on any atom is -0.457 e. The van der Waals surface area contributed by atoms with Gasteiger partial charge < -0.3 is 20.5 Å². The number of nitrogens with one attached hydrogen (secondary N) is 2. The molecule has 0 bridgehead atoms. The van der Waals surface area contributed by atoms with Crippen LogP contribution in [0.4, 0.5) is 10.2 Å². The van der Waals surface area contributed by atoms with Crippen LogP contribution >= 0.6 is 0 Å². The number of rotatable bonds is 9. The zero-order valence-electron chi connectivity index (χ0n) is 18.4. The Morgan fingerprint density at radius 3 is 2.24 bits per heavy atom. The smallest absolute Gasteiger partial charge is 0.248 e. The fourth-order valence-corrected chi connectivity index (χ4v) is 3.15. The summed E-state index contributed by atoms with van der Waals surface area (Å²) in [5, 5.41) is 14.2. The van der Waals surface area contributed by atoms with Crippen LogP contribution in [-0.4, -0.2) is 34.6 Å². The maximum Gasteiger partial charge on any atom is 0.248 e. The minimum absolute atomic E-state index is 0.162. The number of benzene rings is 2. The van der Waals surface area contributed by atoms with E-state index in [1.165, 1.54) is 12.1 Å². The lowest BCUT2D eigenvalue weighted by Gasteiger charge is -2.19. The zero-order valence-corrected chi connectivity index (χ0v) is 18.4. The average molecular weight is 451 g/mol. The topological polar surface area (TPSA) is 101 Å². The number of anilines is 1. The van der Waals surface area contributed by atoms with Gasteiger partial charge in [-0.1, -0.05) is 19.9 Å². The number of pyridine rings is 1. The molecule has 0 aliphatic carbocycles. The summed E-state index contributed by atoms with van der Waals surface area (Å²) < 4.78 is 18.7. The lowest BCUT2D eigenvalue weighted by Crippen LogP contribution is -2.45. The van der Waals surface area contributed by atoms with Crippen molar-refractivity contribution in [3.05, 3.63) is 72.5 Å². The molecule has 1 aromatic heterocycles. The number of amides is 2. The van der Waals surface area contributed by atoms with Crippen molar-refractivity contribution in [3.63, 3.8) is 0 Å². The van der Waals surface area contributed by atoms with Crippen molar-refractivity contribution < 1.29 is 23.8 Å². The van der Waals surface area contributed by atoms with E-state index in [9.17, 15) is 14.0 Å². The molecule has 3 aromatic rings. The molecule has 8 heteroatoms. The molecule has 0 aliphatic rings. The van der Waals surface area contributed by atoms with Crippen molar-refractivity contribution in [3.8, 4) is 22.8 Å². The largest absolute Gasteiger partial charge is 0.457 e. The average Bonchev–Trinajstić information content (AvgIpc) is 2.80. The standard InChI is InChI=1S/C25H26FN3O4/c1-16(2)14-22(28-24(31)15-30)25(32)29-23-5-3-4-21(27-23)17-6-10-19(11-7-17)33-20-12-8-18(26)9-13-20/h3-13,16,22,30H,14-15H2,1-2H3,(H,28,31)(H,27,29,32)/t22-/m0/s1. The monoisotopic (exact) mass is 451 g/mol. The molecule has 33 heavy (non-hydrogen) atoms. The first kappa shape index (κ1) is 23.9. The number of nitrogens with zero attached hydrogens (tertiary/aromatic N) is 1. The van der Waals surface area contributed by atoms with Crippen LogP contribution in [0.2, 0.25) is 0 Å². The van der Waals surface area contributed by atoms with E-state index in [0.717, 1.165) is 5.56 Å². The van der Waals surface area contributed by atoms with Gasteiger partial charge in [0.05, 0.1) is 5.69 Å². The van der Waals surface area contributed by atoms with Crippen molar-refractivity contribution in [1.82, 2.24) is 10.3 Å². The summed E-state index contributed by atoms with van der Waals surface area (Å²) in [6.07, 6.45) is 0.423. The number of ether oxygens (including phenoxy) is 1. The second-order valence-corrected chi connectivity index (χ2v) is 7.89. The number of hydrogen-bond donors (Lipinski definition) is 3. The predicted molar refractivity (Wildman–Crippen MR) is 123 cm³/mol. The fourth-order valence-electron chi connectivity index (χ4n) is 3.15. The van der Waals surface area contributed by atoms with Gasteiger partial charge in [0.15, 0.2) is 0 Å². The van der Waals surface area contributed by atoms with E-state index in [0.29, 0.717) is 29.4 Å². The summed E-state index contributed by atoms with van der Waals surface area (Å²) in [5.41, 5.74) is 1.45. The van der Waals surface area contributed by atoms with Gasteiger partial charge in [-0.05, 0) is 73.0 Å². The number of aliphatic hydroxyl groups excluding tert-OH is 1. The molecular weight excluding hydrogens is 425 g/mol. The second-order valence-electron chi connectivity index (χ2n) is 7.89. The molecule has 1 heterocycles. The van der Waals surface area contributed by atoms with Crippen LogP contribution < -0.4 is 15.4 Å². The lowest BCUT2D eigenvalue weighted by atomic mass is 10.0. The van der Waals surface area contributed by atoms with Gasteiger partial charge in [-0.2, -0.15) is 0 Å². The van der Waals surface area contributed by atoms with Crippen LogP contribution in [-0.2, 0) is 9.59 Å². The molecule has 2 amide bonds. The normalized spacial score (nSPS) is 11.7. The van der Waals surface area contributed by atoms with E-state index in [4.69, 9.17) is 9.84 Å². The molecule has 0 unspecified atom stereocenters. The number of aliphatic hydroxyl groups is 1. The Hall–Kier alpha value is -3.78. The number of carbonyl (C=O) groups is 2. The Morgan fingerprint density at radius 2 is 1.64 bits per heavy atom. The molecular formula is C25H26FN3O4. The van der Waals surface area contributed by atoms with Crippen molar-refractivity contribution in [2.45, 2.75) is 26.3 Å². The van der Waals surface area contributed by atoms with Gasteiger partial charge in [0, 0.05) is 5.56 Å². The van der Waals surface area contributed by atoms with Gasteiger partial charge in [0.25, 0.3) is 0 Å². The van der Waals surface area contributed by atoms with Crippen LogP contribution in [0.15, 0.2) is 66.7 Å². The van der Waals surface area contributed by atoms with Crippen LogP contribution in [0, 0.1) is 11.7 Å². The molecule has 0 saturated heterocycles. The van der Waals surface area contributed by atoms with E-state index in [-0.39, 0.29) is 11.7 Å². The minimum atomic E-state index is -0.780.